The van der Waals surface area contributed by atoms with Crippen LogP contribution >= 0.6 is 50.9 Å². The summed E-state index contributed by atoms with van der Waals surface area (Å²) in [7, 11) is 0. The van der Waals surface area contributed by atoms with E-state index in [4.69, 9.17) is 23.2 Å². The van der Waals surface area contributed by atoms with Gasteiger partial charge >= 0.3 is 0 Å². The Morgan fingerprint density at radius 1 is 1.31 bits per heavy atom. The summed E-state index contributed by atoms with van der Waals surface area (Å²) in [5.41, 5.74) is 0. The molecule has 0 aliphatic rings. The Morgan fingerprint density at radius 2 is 2.08 bits per heavy atom. The van der Waals surface area contributed by atoms with E-state index < -0.39 is 0 Å². The maximum atomic E-state index is 5.98. The predicted molar refractivity (Wildman–Crippen MR) is 65.6 cm³/mol. The van der Waals surface area contributed by atoms with Gasteiger partial charge in [0.25, 0.3) is 0 Å². The minimum Gasteiger partial charge on any atom is -0.125 e. The molecule has 1 aromatic rings. The lowest BCUT2D eigenvalue weighted by Crippen LogP contribution is -1.81. The normalized spacial score (nSPS) is 10.4. The van der Waals surface area contributed by atoms with Crippen LogP contribution in [0.15, 0.2) is 23.1 Å². The molecular weight excluding hydrogens is 291 g/mol. The van der Waals surface area contributed by atoms with Gasteiger partial charge in [0.1, 0.15) is 0 Å². The van der Waals surface area contributed by atoms with E-state index in [1.54, 1.807) is 17.8 Å². The molecule has 72 valence electrons. The summed E-state index contributed by atoms with van der Waals surface area (Å²) < 4.78 is 0. The smallest absolute Gasteiger partial charge is 0.0542 e. The quantitative estimate of drug-likeness (QED) is 0.434. The van der Waals surface area contributed by atoms with E-state index in [1.807, 2.05) is 12.1 Å². The topological polar surface area (TPSA) is 0 Å². The average molecular weight is 300 g/mol. The summed E-state index contributed by atoms with van der Waals surface area (Å²) in [6.45, 7) is 0. The zero-order valence-corrected chi connectivity index (χ0v) is 10.8. The minimum absolute atomic E-state index is 0.741. The van der Waals surface area contributed by atoms with Crippen LogP contribution in [0.2, 0.25) is 10.0 Å². The molecule has 0 unspecified atom stereocenters. The van der Waals surface area contributed by atoms with Gasteiger partial charge in [-0.15, -0.1) is 11.8 Å². The first-order valence-electron chi connectivity index (χ1n) is 3.88. The first kappa shape index (κ1) is 11.7. The Hall–Kier alpha value is 0.630. The minimum atomic E-state index is 0.741. The largest absolute Gasteiger partial charge is 0.125 e. The van der Waals surface area contributed by atoms with Gasteiger partial charge in [0.05, 0.1) is 5.02 Å². The molecule has 0 heterocycles. The lowest BCUT2D eigenvalue weighted by atomic mass is 10.4. The van der Waals surface area contributed by atoms with Crippen molar-refractivity contribution in [3.63, 3.8) is 0 Å². The molecule has 0 nitrogen and oxygen atoms in total. The van der Waals surface area contributed by atoms with Crippen LogP contribution in [-0.4, -0.2) is 11.1 Å². The van der Waals surface area contributed by atoms with Gasteiger partial charge in [0.15, 0.2) is 0 Å². The van der Waals surface area contributed by atoms with E-state index in [0.717, 1.165) is 32.4 Å². The summed E-state index contributed by atoms with van der Waals surface area (Å²) in [5.74, 6) is 1.06. The molecule has 0 saturated heterocycles. The van der Waals surface area contributed by atoms with Crippen molar-refractivity contribution in [2.75, 3.05) is 11.1 Å². The average Bonchev–Trinajstić information content (AvgIpc) is 2.11. The molecule has 0 bridgehead atoms. The first-order valence-corrected chi connectivity index (χ1v) is 6.74. The first-order chi connectivity index (χ1) is 6.24. The van der Waals surface area contributed by atoms with Gasteiger partial charge in [-0.1, -0.05) is 39.1 Å². The Bertz CT molecular complexity index is 278. The molecule has 1 aromatic carbocycles. The second-order valence-corrected chi connectivity index (χ2v) is 5.24. The summed E-state index contributed by atoms with van der Waals surface area (Å²) in [5, 5.41) is 2.55. The van der Waals surface area contributed by atoms with Crippen molar-refractivity contribution in [2.24, 2.45) is 0 Å². The number of thioether (sulfide) groups is 1. The fourth-order valence-electron chi connectivity index (χ4n) is 0.824. The number of halogens is 3. The number of hydrogen-bond acceptors (Lipinski definition) is 1. The highest BCUT2D eigenvalue weighted by Gasteiger charge is 2.01. The Kier molecular flexibility index (Phi) is 5.56. The van der Waals surface area contributed by atoms with Crippen LogP contribution in [0.5, 0.6) is 0 Å². The van der Waals surface area contributed by atoms with Crippen molar-refractivity contribution in [3.8, 4) is 0 Å². The molecule has 0 aromatic heterocycles. The molecule has 0 amide bonds. The molecule has 0 saturated carbocycles. The maximum absolute atomic E-state index is 5.98. The van der Waals surface area contributed by atoms with Gasteiger partial charge in [-0.3, -0.25) is 0 Å². The van der Waals surface area contributed by atoms with Crippen LogP contribution in [0.3, 0.4) is 0 Å². The van der Waals surface area contributed by atoms with Gasteiger partial charge < -0.3 is 0 Å². The number of alkyl halides is 1. The van der Waals surface area contributed by atoms with Crippen LogP contribution in [-0.2, 0) is 0 Å². The monoisotopic (exact) mass is 298 g/mol. The van der Waals surface area contributed by atoms with Crippen molar-refractivity contribution in [2.45, 2.75) is 11.3 Å². The van der Waals surface area contributed by atoms with E-state index in [2.05, 4.69) is 15.9 Å². The Balaban J connectivity index is 2.59. The Morgan fingerprint density at radius 3 is 2.77 bits per heavy atom. The molecule has 0 aliphatic carbocycles. The van der Waals surface area contributed by atoms with Gasteiger partial charge in [0.2, 0.25) is 0 Å². The number of hydrogen-bond donors (Lipinski definition) is 0. The van der Waals surface area contributed by atoms with Crippen LogP contribution in [0.25, 0.3) is 0 Å². The SMILES string of the molecule is Clc1ccc(Cl)c(SCCCBr)c1. The molecular formula is C9H9BrCl2S. The summed E-state index contributed by atoms with van der Waals surface area (Å²) in [6, 6.07) is 5.54. The van der Waals surface area contributed by atoms with Gasteiger partial charge in [-0.05, 0) is 30.4 Å². The summed E-state index contributed by atoms with van der Waals surface area (Å²) >= 11 is 17.0. The summed E-state index contributed by atoms with van der Waals surface area (Å²) in [4.78, 5) is 1.06. The van der Waals surface area contributed by atoms with E-state index in [9.17, 15) is 0 Å². The molecule has 0 N–H and O–H groups in total. The van der Waals surface area contributed by atoms with Crippen molar-refractivity contribution in [1.29, 1.82) is 0 Å². The predicted octanol–water partition coefficient (Wildman–Crippen LogP) is 4.87. The fraction of sp³-hybridized carbons (Fsp3) is 0.333. The zero-order chi connectivity index (χ0) is 9.68. The number of rotatable bonds is 4. The van der Waals surface area contributed by atoms with E-state index >= 15 is 0 Å². The van der Waals surface area contributed by atoms with E-state index in [-0.39, 0.29) is 0 Å². The van der Waals surface area contributed by atoms with Gasteiger partial charge in [-0.2, -0.15) is 0 Å². The molecule has 4 heteroatoms. The Labute approximate surface area is 101 Å². The van der Waals surface area contributed by atoms with Crippen molar-refractivity contribution < 1.29 is 0 Å². The maximum Gasteiger partial charge on any atom is 0.0542 e. The zero-order valence-electron chi connectivity index (χ0n) is 6.90. The third kappa shape index (κ3) is 4.11. The van der Waals surface area contributed by atoms with Crippen molar-refractivity contribution >= 4 is 50.9 Å². The molecule has 13 heavy (non-hydrogen) atoms. The lowest BCUT2D eigenvalue weighted by molar-refractivity contribution is 1.13. The molecule has 0 fully saturated rings. The second kappa shape index (κ2) is 6.18. The molecule has 0 atom stereocenters. The highest BCUT2D eigenvalue weighted by Crippen LogP contribution is 2.30. The molecule has 0 spiro atoms. The highest BCUT2D eigenvalue weighted by molar-refractivity contribution is 9.09. The van der Waals surface area contributed by atoms with Crippen molar-refractivity contribution in [1.82, 2.24) is 0 Å². The second-order valence-electron chi connectivity index (χ2n) is 2.47. The third-order valence-electron chi connectivity index (χ3n) is 1.43. The van der Waals surface area contributed by atoms with Crippen LogP contribution in [0.4, 0.5) is 0 Å². The number of benzene rings is 1. The molecule has 1 rings (SSSR count). The van der Waals surface area contributed by atoms with E-state index in [1.165, 1.54) is 0 Å². The molecule has 0 radical (unpaired) electrons. The van der Waals surface area contributed by atoms with E-state index in [0.29, 0.717) is 0 Å². The summed E-state index contributed by atoms with van der Waals surface area (Å²) in [6.07, 6.45) is 1.13. The lowest BCUT2D eigenvalue weighted by Gasteiger charge is -2.03. The fourth-order valence-corrected chi connectivity index (χ4v) is 2.92. The van der Waals surface area contributed by atoms with Gasteiger partial charge in [-0.25, -0.2) is 0 Å². The molecule has 0 aliphatic heterocycles. The van der Waals surface area contributed by atoms with Crippen LogP contribution in [0, 0.1) is 0 Å². The standard InChI is InChI=1S/C9H9BrCl2S/c10-4-1-5-13-9-6-7(11)2-3-8(9)12/h2-3,6H,1,4-5H2. The van der Waals surface area contributed by atoms with Gasteiger partial charge in [0, 0.05) is 15.2 Å². The van der Waals surface area contributed by atoms with Crippen molar-refractivity contribution in [3.05, 3.63) is 28.2 Å². The van der Waals surface area contributed by atoms with Crippen LogP contribution in [0.1, 0.15) is 6.42 Å². The third-order valence-corrected chi connectivity index (χ3v) is 3.81. The highest BCUT2D eigenvalue weighted by atomic mass is 79.9. The van der Waals surface area contributed by atoms with Crippen LogP contribution < -0.4 is 0 Å².